The molecule has 8 heteroatoms. The van der Waals surface area contributed by atoms with Gasteiger partial charge in [-0.15, -0.1) is 0 Å². The summed E-state index contributed by atoms with van der Waals surface area (Å²) >= 11 is 0. The number of carbonyl (C=O) groups excluding carboxylic acids is 1. The Morgan fingerprint density at radius 3 is 2.29 bits per heavy atom. The number of rotatable bonds is 7. The second-order valence-electron chi connectivity index (χ2n) is 7.64. The number of aliphatic imine (C=N–C) groups is 1. The molecule has 0 fully saturated rings. The number of amidine groups is 1. The lowest BCUT2D eigenvalue weighted by molar-refractivity contribution is -0.119. The highest BCUT2D eigenvalue weighted by atomic mass is 32.2. The van der Waals surface area contributed by atoms with E-state index in [9.17, 15) is 13.2 Å². The number of carbonyl (C=O) groups is 1. The first-order chi connectivity index (χ1) is 14.7. The third-order valence-corrected chi connectivity index (χ3v) is 6.53. The molecule has 7 nitrogen and oxygen atoms in total. The molecule has 0 bridgehead atoms. The number of hydrogen-bond acceptors (Lipinski definition) is 5. The zero-order chi connectivity index (χ0) is 22.6. The summed E-state index contributed by atoms with van der Waals surface area (Å²) in [6.45, 7) is 4.05. The van der Waals surface area contributed by atoms with Crippen molar-refractivity contribution in [1.82, 2.24) is 10.0 Å². The fraction of sp³-hybridized carbons (Fsp3) is 0.304. The van der Waals surface area contributed by atoms with Crippen LogP contribution in [-0.2, 0) is 21.4 Å². The van der Waals surface area contributed by atoms with E-state index < -0.39 is 10.0 Å². The first kappa shape index (κ1) is 22.6. The Balaban J connectivity index is 1.71. The van der Waals surface area contributed by atoms with E-state index in [2.05, 4.69) is 15.0 Å². The molecule has 2 aromatic carbocycles. The maximum absolute atomic E-state index is 12.7. The first-order valence-corrected chi connectivity index (χ1v) is 11.6. The highest BCUT2D eigenvalue weighted by Gasteiger charge is 2.34. The summed E-state index contributed by atoms with van der Waals surface area (Å²) in [7, 11) is 0.223. The summed E-state index contributed by atoms with van der Waals surface area (Å²) in [4.78, 5) is 18.8. The fourth-order valence-corrected chi connectivity index (χ4v) is 4.88. The number of sulfonamides is 1. The lowest BCUT2D eigenvalue weighted by Crippen LogP contribution is -2.28. The van der Waals surface area contributed by atoms with Crippen molar-refractivity contribution in [1.29, 1.82) is 0 Å². The second kappa shape index (κ2) is 9.34. The Labute approximate surface area is 183 Å². The molecule has 0 radical (unpaired) electrons. The highest BCUT2D eigenvalue weighted by molar-refractivity contribution is 8.00. The van der Waals surface area contributed by atoms with Crippen LogP contribution < -0.4 is 14.9 Å². The maximum Gasteiger partial charge on any atom is 0.264 e. The monoisotopic (exact) mass is 440 g/mol. The number of nitrogens with one attached hydrogen (secondary N) is 2. The minimum absolute atomic E-state index is 0.154. The molecule has 1 aliphatic rings. The molecule has 0 saturated heterocycles. The van der Waals surface area contributed by atoms with Gasteiger partial charge in [-0.05, 0) is 36.6 Å². The van der Waals surface area contributed by atoms with Crippen LogP contribution in [0.4, 0.5) is 5.69 Å². The number of nitrogens with zero attached hydrogens (tertiary/aromatic N) is 2. The Morgan fingerprint density at radius 1 is 1.06 bits per heavy atom. The predicted octanol–water partition coefficient (Wildman–Crippen LogP) is 2.83. The molecule has 0 saturated carbocycles. The van der Waals surface area contributed by atoms with E-state index in [0.717, 1.165) is 16.8 Å². The summed E-state index contributed by atoms with van der Waals surface area (Å²) in [5.41, 5.74) is 4.32. The van der Waals surface area contributed by atoms with Crippen LogP contribution in [0.5, 0.6) is 0 Å². The number of benzene rings is 2. The minimum Gasteiger partial charge on any atom is -0.378 e. The molecule has 164 valence electrons. The van der Waals surface area contributed by atoms with Crippen molar-refractivity contribution in [2.24, 2.45) is 4.99 Å². The van der Waals surface area contributed by atoms with Crippen LogP contribution >= 0.6 is 0 Å². The van der Waals surface area contributed by atoms with Gasteiger partial charge in [0.1, 0.15) is 17.3 Å². The zero-order valence-corrected chi connectivity index (χ0v) is 19.1. The average Bonchev–Trinajstić information content (AvgIpc) is 3.01. The molecule has 3 rings (SSSR count). The number of aryl methyl sites for hydroxylation is 1. The van der Waals surface area contributed by atoms with Gasteiger partial charge in [0, 0.05) is 31.9 Å². The van der Waals surface area contributed by atoms with Crippen LogP contribution in [0.25, 0.3) is 4.91 Å². The summed E-state index contributed by atoms with van der Waals surface area (Å²) < 4.78 is 27.9. The number of hydrogen-bond donors (Lipinski definition) is 2. The normalized spacial score (nSPS) is 16.3. The Morgan fingerprint density at radius 2 is 1.71 bits per heavy atom. The summed E-state index contributed by atoms with van der Waals surface area (Å²) in [6, 6.07) is 15.2. The van der Waals surface area contributed by atoms with Crippen LogP contribution in [-0.4, -0.2) is 40.8 Å². The topological polar surface area (TPSA) is 90.9 Å². The second-order valence-corrected chi connectivity index (χ2v) is 9.25. The molecular formula is C23H28N4O3S. The molecule has 2 N–H and O–H groups in total. The van der Waals surface area contributed by atoms with Gasteiger partial charge in [-0.2, -0.15) is 0 Å². The van der Waals surface area contributed by atoms with Crippen LogP contribution in [0.1, 0.15) is 30.0 Å². The van der Waals surface area contributed by atoms with Crippen molar-refractivity contribution in [3.63, 3.8) is 0 Å². The lowest BCUT2D eigenvalue weighted by Gasteiger charge is -2.12. The van der Waals surface area contributed by atoms with Crippen LogP contribution in [0.2, 0.25) is 0 Å². The molecule has 1 heterocycles. The van der Waals surface area contributed by atoms with Crippen molar-refractivity contribution >= 4 is 32.4 Å². The van der Waals surface area contributed by atoms with Gasteiger partial charge in [0.2, 0.25) is 5.91 Å². The van der Waals surface area contributed by atoms with Gasteiger partial charge in [0.15, 0.2) is 0 Å². The number of amides is 1. The predicted molar refractivity (Wildman–Crippen MR) is 125 cm³/mol. The third-order valence-electron chi connectivity index (χ3n) is 5.05. The third kappa shape index (κ3) is 5.32. The standard InChI is InChI=1S/C23H28N4O3S/c1-5-20-22(18-10-6-16(2)7-11-18)31(29,30)26-23(20)25-15-21(28)24-14-17-8-12-19(13-9-17)27(3)4/h6-13H,5,14-15H2,1-4H3,(H,24,28)(H,25,26). The van der Waals surface area contributed by atoms with E-state index in [-0.39, 0.29) is 23.2 Å². The molecule has 0 spiro atoms. The Hall–Kier alpha value is -3.13. The fourth-order valence-electron chi connectivity index (χ4n) is 3.32. The van der Waals surface area contributed by atoms with Crippen molar-refractivity contribution < 1.29 is 13.2 Å². The van der Waals surface area contributed by atoms with E-state index in [4.69, 9.17) is 0 Å². The van der Waals surface area contributed by atoms with E-state index in [1.54, 1.807) is 12.1 Å². The van der Waals surface area contributed by atoms with E-state index in [1.807, 2.05) is 69.2 Å². The smallest absolute Gasteiger partial charge is 0.264 e. The van der Waals surface area contributed by atoms with Crippen molar-refractivity contribution in [2.45, 2.75) is 26.8 Å². The van der Waals surface area contributed by atoms with Gasteiger partial charge in [-0.3, -0.25) is 14.5 Å². The van der Waals surface area contributed by atoms with Crippen LogP contribution in [0, 0.1) is 6.92 Å². The Kier molecular flexibility index (Phi) is 6.80. The molecule has 2 aromatic rings. The molecule has 0 unspecified atom stereocenters. The van der Waals surface area contributed by atoms with E-state index in [0.29, 0.717) is 24.1 Å². The van der Waals surface area contributed by atoms with Gasteiger partial charge < -0.3 is 10.2 Å². The highest BCUT2D eigenvalue weighted by Crippen LogP contribution is 2.31. The van der Waals surface area contributed by atoms with E-state index >= 15 is 0 Å². The molecule has 1 aliphatic heterocycles. The van der Waals surface area contributed by atoms with Crippen molar-refractivity contribution in [3.8, 4) is 0 Å². The molecular weight excluding hydrogens is 412 g/mol. The zero-order valence-electron chi connectivity index (χ0n) is 18.3. The summed E-state index contributed by atoms with van der Waals surface area (Å²) in [6.07, 6.45) is 0.480. The van der Waals surface area contributed by atoms with Gasteiger partial charge >= 0.3 is 0 Å². The molecule has 0 aromatic heterocycles. The number of anilines is 1. The summed E-state index contributed by atoms with van der Waals surface area (Å²) in [5, 5.41) is 2.82. The average molecular weight is 441 g/mol. The van der Waals surface area contributed by atoms with Gasteiger partial charge in [-0.25, -0.2) is 8.42 Å². The molecule has 1 amide bonds. The van der Waals surface area contributed by atoms with Gasteiger partial charge in [0.25, 0.3) is 10.0 Å². The van der Waals surface area contributed by atoms with Gasteiger partial charge in [0.05, 0.1) is 0 Å². The van der Waals surface area contributed by atoms with Crippen LogP contribution in [0.15, 0.2) is 59.1 Å². The molecule has 31 heavy (non-hydrogen) atoms. The first-order valence-electron chi connectivity index (χ1n) is 10.1. The molecule has 0 atom stereocenters. The van der Waals surface area contributed by atoms with Crippen LogP contribution in [0.3, 0.4) is 0 Å². The van der Waals surface area contributed by atoms with E-state index in [1.165, 1.54) is 0 Å². The van der Waals surface area contributed by atoms with Crippen molar-refractivity contribution in [2.75, 3.05) is 25.5 Å². The minimum atomic E-state index is -3.71. The van der Waals surface area contributed by atoms with Gasteiger partial charge in [-0.1, -0.05) is 48.9 Å². The van der Waals surface area contributed by atoms with Crippen molar-refractivity contribution in [3.05, 3.63) is 70.8 Å². The summed E-state index contributed by atoms with van der Waals surface area (Å²) in [5.74, 6) is -0.0359. The molecule has 0 aliphatic carbocycles. The maximum atomic E-state index is 12.7. The lowest BCUT2D eigenvalue weighted by atomic mass is 10.1. The largest absolute Gasteiger partial charge is 0.378 e. The SMILES string of the molecule is CCC1=C(c2ccc(C)cc2)S(=O)(=O)NC1=NCC(=O)NCc1ccc(N(C)C)cc1. The Bertz CT molecular complexity index is 1120. The quantitative estimate of drug-likeness (QED) is 0.693.